The van der Waals surface area contributed by atoms with Crippen molar-refractivity contribution in [2.45, 2.75) is 39.2 Å². The molecule has 2 heteroatoms. The number of nitrogens with one attached hydrogen (secondary N) is 1. The maximum atomic E-state index is 13.5. The van der Waals surface area contributed by atoms with Gasteiger partial charge < -0.3 is 5.32 Å². The number of halogens is 1. The molecule has 0 heterocycles. The first-order valence-corrected chi connectivity index (χ1v) is 7.59. The molecule has 0 saturated heterocycles. The number of benzene rings is 2. The highest BCUT2D eigenvalue weighted by molar-refractivity contribution is 5.30. The van der Waals surface area contributed by atoms with E-state index in [0.29, 0.717) is 6.04 Å². The van der Waals surface area contributed by atoms with Gasteiger partial charge in [-0.3, -0.25) is 0 Å². The van der Waals surface area contributed by atoms with Crippen LogP contribution in [0.15, 0.2) is 48.5 Å². The molecule has 2 aromatic carbocycles. The zero-order valence-electron chi connectivity index (χ0n) is 13.1. The molecule has 0 saturated carbocycles. The van der Waals surface area contributed by atoms with Gasteiger partial charge in [-0.05, 0) is 42.2 Å². The highest BCUT2D eigenvalue weighted by Gasteiger charge is 2.14. The molecule has 1 N–H and O–H groups in total. The van der Waals surface area contributed by atoms with Crippen LogP contribution in [0, 0.1) is 12.7 Å². The summed E-state index contributed by atoms with van der Waals surface area (Å²) < 4.78 is 13.5. The summed E-state index contributed by atoms with van der Waals surface area (Å²) in [5.41, 5.74) is 3.69. The van der Waals surface area contributed by atoms with E-state index < -0.39 is 0 Å². The predicted molar refractivity (Wildman–Crippen MR) is 87.2 cm³/mol. The van der Waals surface area contributed by atoms with E-state index in [2.05, 4.69) is 50.4 Å². The third kappa shape index (κ3) is 4.68. The molecular formula is C19H24FN. The van der Waals surface area contributed by atoms with Gasteiger partial charge in [0, 0.05) is 18.5 Å². The average Bonchev–Trinajstić information content (AvgIpc) is 2.45. The van der Waals surface area contributed by atoms with Crippen molar-refractivity contribution < 1.29 is 4.39 Å². The van der Waals surface area contributed by atoms with Crippen molar-refractivity contribution in [2.24, 2.45) is 0 Å². The van der Waals surface area contributed by atoms with E-state index in [4.69, 9.17) is 0 Å². The SMILES string of the molecule is Cc1ccccc1CC(CNC(C)C)c1cccc(F)c1. The molecular weight excluding hydrogens is 261 g/mol. The summed E-state index contributed by atoms with van der Waals surface area (Å²) in [5, 5.41) is 3.48. The lowest BCUT2D eigenvalue weighted by molar-refractivity contribution is 0.523. The smallest absolute Gasteiger partial charge is 0.123 e. The fourth-order valence-electron chi connectivity index (χ4n) is 2.55. The summed E-state index contributed by atoms with van der Waals surface area (Å²) in [4.78, 5) is 0. The zero-order valence-corrected chi connectivity index (χ0v) is 13.1. The Morgan fingerprint density at radius 1 is 1.05 bits per heavy atom. The highest BCUT2D eigenvalue weighted by Crippen LogP contribution is 2.23. The molecule has 2 rings (SSSR count). The molecule has 0 aliphatic heterocycles. The zero-order chi connectivity index (χ0) is 15.2. The van der Waals surface area contributed by atoms with Crippen LogP contribution in [0.1, 0.15) is 36.5 Å². The van der Waals surface area contributed by atoms with Gasteiger partial charge in [-0.1, -0.05) is 50.2 Å². The fraction of sp³-hybridized carbons (Fsp3) is 0.368. The summed E-state index contributed by atoms with van der Waals surface area (Å²) in [5.74, 6) is 0.121. The lowest BCUT2D eigenvalue weighted by Gasteiger charge is -2.21. The minimum absolute atomic E-state index is 0.160. The Labute approximate surface area is 127 Å². The van der Waals surface area contributed by atoms with Gasteiger partial charge in [-0.15, -0.1) is 0 Å². The first-order valence-electron chi connectivity index (χ1n) is 7.59. The molecule has 0 aliphatic carbocycles. The number of hydrogen-bond acceptors (Lipinski definition) is 1. The van der Waals surface area contributed by atoms with Crippen LogP contribution in [0.25, 0.3) is 0 Å². The van der Waals surface area contributed by atoms with Crippen LogP contribution in [-0.4, -0.2) is 12.6 Å². The molecule has 0 bridgehead atoms. The monoisotopic (exact) mass is 285 g/mol. The van der Waals surface area contributed by atoms with Gasteiger partial charge in [0.25, 0.3) is 0 Å². The third-order valence-corrected chi connectivity index (χ3v) is 3.82. The Balaban J connectivity index is 2.21. The van der Waals surface area contributed by atoms with Crippen LogP contribution in [0.5, 0.6) is 0 Å². The first kappa shape index (κ1) is 15.7. The highest BCUT2D eigenvalue weighted by atomic mass is 19.1. The number of rotatable bonds is 6. The van der Waals surface area contributed by atoms with Crippen molar-refractivity contribution in [1.29, 1.82) is 0 Å². The van der Waals surface area contributed by atoms with Crippen LogP contribution in [0.2, 0.25) is 0 Å². The van der Waals surface area contributed by atoms with Gasteiger partial charge in [0.05, 0.1) is 0 Å². The minimum atomic E-state index is -0.160. The van der Waals surface area contributed by atoms with Crippen LogP contribution < -0.4 is 5.32 Å². The molecule has 0 amide bonds. The van der Waals surface area contributed by atoms with E-state index in [0.717, 1.165) is 18.5 Å². The lowest BCUT2D eigenvalue weighted by atomic mass is 9.90. The van der Waals surface area contributed by atoms with E-state index in [1.165, 1.54) is 17.2 Å². The molecule has 0 aliphatic rings. The second kappa shape index (κ2) is 7.37. The van der Waals surface area contributed by atoms with E-state index in [1.54, 1.807) is 12.1 Å². The van der Waals surface area contributed by atoms with Crippen molar-refractivity contribution in [3.05, 3.63) is 71.0 Å². The minimum Gasteiger partial charge on any atom is -0.314 e. The summed E-state index contributed by atoms with van der Waals surface area (Å²) in [6.07, 6.45) is 0.926. The molecule has 112 valence electrons. The molecule has 1 nitrogen and oxygen atoms in total. The van der Waals surface area contributed by atoms with Crippen molar-refractivity contribution >= 4 is 0 Å². The van der Waals surface area contributed by atoms with Gasteiger partial charge in [0.1, 0.15) is 5.82 Å². The van der Waals surface area contributed by atoms with Crippen molar-refractivity contribution in [3.8, 4) is 0 Å². The molecule has 1 unspecified atom stereocenters. The lowest BCUT2D eigenvalue weighted by Crippen LogP contribution is -2.29. The predicted octanol–water partition coefficient (Wildman–Crippen LogP) is 4.46. The molecule has 1 atom stereocenters. The molecule has 0 aromatic heterocycles. The largest absolute Gasteiger partial charge is 0.314 e. The molecule has 2 aromatic rings. The van der Waals surface area contributed by atoms with Gasteiger partial charge in [0.2, 0.25) is 0 Å². The average molecular weight is 285 g/mol. The van der Waals surface area contributed by atoms with Gasteiger partial charge in [-0.25, -0.2) is 4.39 Å². The second-order valence-corrected chi connectivity index (χ2v) is 5.95. The molecule has 0 spiro atoms. The van der Waals surface area contributed by atoms with E-state index in [9.17, 15) is 4.39 Å². The first-order chi connectivity index (χ1) is 10.1. The van der Waals surface area contributed by atoms with Crippen molar-refractivity contribution in [3.63, 3.8) is 0 Å². The van der Waals surface area contributed by atoms with Gasteiger partial charge >= 0.3 is 0 Å². The van der Waals surface area contributed by atoms with Crippen LogP contribution >= 0.6 is 0 Å². The second-order valence-electron chi connectivity index (χ2n) is 5.95. The fourth-order valence-corrected chi connectivity index (χ4v) is 2.55. The van der Waals surface area contributed by atoms with Gasteiger partial charge in [-0.2, -0.15) is 0 Å². The van der Waals surface area contributed by atoms with Crippen LogP contribution in [-0.2, 0) is 6.42 Å². The Morgan fingerprint density at radius 3 is 2.48 bits per heavy atom. The van der Waals surface area contributed by atoms with E-state index in [-0.39, 0.29) is 11.7 Å². The maximum Gasteiger partial charge on any atom is 0.123 e. The maximum absolute atomic E-state index is 13.5. The molecule has 21 heavy (non-hydrogen) atoms. The van der Waals surface area contributed by atoms with Crippen molar-refractivity contribution in [1.82, 2.24) is 5.32 Å². The Bertz CT molecular complexity index is 577. The number of aryl methyl sites for hydroxylation is 1. The van der Waals surface area contributed by atoms with Crippen LogP contribution in [0.3, 0.4) is 0 Å². The standard InChI is InChI=1S/C19H24FN/c1-14(2)21-13-18(17-9-6-10-19(20)12-17)11-16-8-5-4-7-15(16)3/h4-10,12,14,18,21H,11,13H2,1-3H3. The number of hydrogen-bond donors (Lipinski definition) is 1. The summed E-state index contributed by atoms with van der Waals surface area (Å²) in [6, 6.07) is 15.8. The molecule has 0 radical (unpaired) electrons. The summed E-state index contributed by atoms with van der Waals surface area (Å²) in [7, 11) is 0. The van der Waals surface area contributed by atoms with Crippen LogP contribution in [0.4, 0.5) is 4.39 Å². The Morgan fingerprint density at radius 2 is 1.81 bits per heavy atom. The van der Waals surface area contributed by atoms with E-state index in [1.807, 2.05) is 6.07 Å². The topological polar surface area (TPSA) is 12.0 Å². The summed E-state index contributed by atoms with van der Waals surface area (Å²) in [6.45, 7) is 7.26. The normalized spacial score (nSPS) is 12.6. The van der Waals surface area contributed by atoms with Crippen molar-refractivity contribution in [2.75, 3.05) is 6.54 Å². The van der Waals surface area contributed by atoms with Gasteiger partial charge in [0.15, 0.2) is 0 Å². The molecule has 0 fully saturated rings. The Kier molecular flexibility index (Phi) is 5.51. The Hall–Kier alpha value is -1.67. The third-order valence-electron chi connectivity index (χ3n) is 3.82. The summed E-state index contributed by atoms with van der Waals surface area (Å²) >= 11 is 0. The van der Waals surface area contributed by atoms with E-state index >= 15 is 0 Å². The quantitative estimate of drug-likeness (QED) is 0.826.